The van der Waals surface area contributed by atoms with Crippen molar-refractivity contribution in [1.29, 1.82) is 0 Å². The van der Waals surface area contributed by atoms with Crippen LogP contribution in [-0.4, -0.2) is 36.4 Å². The molecule has 1 aliphatic carbocycles. The van der Waals surface area contributed by atoms with E-state index in [1.54, 1.807) is 19.1 Å². The number of nitrogens with one attached hydrogen (secondary N) is 2. The number of ether oxygens (including phenoxy) is 2. The summed E-state index contributed by atoms with van der Waals surface area (Å²) in [6, 6.07) is 6.54. The number of pyridine rings is 1. The van der Waals surface area contributed by atoms with Crippen LogP contribution in [0.25, 0.3) is 0 Å². The van der Waals surface area contributed by atoms with Crippen molar-refractivity contribution in [2.45, 2.75) is 38.3 Å². The van der Waals surface area contributed by atoms with Crippen LogP contribution >= 0.6 is 0 Å². The number of aryl methyl sites for hydroxylation is 1. The maximum absolute atomic E-state index is 15.1. The molecule has 1 saturated carbocycles. The van der Waals surface area contributed by atoms with Gasteiger partial charge in [-0.15, -0.1) is 0 Å². The minimum Gasteiger partial charge on any atom is -0.414 e. The van der Waals surface area contributed by atoms with Crippen molar-refractivity contribution in [3.63, 3.8) is 0 Å². The molecule has 0 atom stereocenters. The number of nitrogens with zero attached hydrogens (tertiary/aromatic N) is 3. The number of halogens is 1. The second kappa shape index (κ2) is 8.50. The van der Waals surface area contributed by atoms with Crippen molar-refractivity contribution in [3.05, 3.63) is 59.4 Å². The summed E-state index contributed by atoms with van der Waals surface area (Å²) in [6.45, 7) is 1.61. The van der Waals surface area contributed by atoms with Crippen molar-refractivity contribution in [1.82, 2.24) is 19.6 Å². The number of rotatable bonds is 7. The van der Waals surface area contributed by atoms with Crippen LogP contribution in [-0.2, 0) is 22.3 Å². The molecule has 1 amide bonds. The Morgan fingerprint density at radius 1 is 1.26 bits per heavy atom. The maximum Gasteiger partial charge on any atom is 0.416 e. The Labute approximate surface area is 200 Å². The SMILES string of the molecule is CNS(=O)(=O)Nc1nccc(CN2C(=O)Oc3cc(Oc4ncc(C)o4)ccc3C23CCC3)c1F. The van der Waals surface area contributed by atoms with E-state index in [4.69, 9.17) is 13.9 Å². The minimum atomic E-state index is -3.97. The molecule has 0 saturated heterocycles. The van der Waals surface area contributed by atoms with E-state index in [0.717, 1.165) is 12.0 Å². The van der Waals surface area contributed by atoms with Crippen LogP contribution < -0.4 is 18.9 Å². The van der Waals surface area contributed by atoms with Gasteiger partial charge in [-0.1, -0.05) is 0 Å². The van der Waals surface area contributed by atoms with Gasteiger partial charge in [0.15, 0.2) is 11.6 Å². The maximum atomic E-state index is 15.1. The van der Waals surface area contributed by atoms with Crippen LogP contribution in [0.15, 0.2) is 41.1 Å². The summed E-state index contributed by atoms with van der Waals surface area (Å²) in [6.07, 6.45) is 4.44. The monoisotopic (exact) mass is 503 g/mol. The van der Waals surface area contributed by atoms with Gasteiger partial charge in [0, 0.05) is 30.4 Å². The highest BCUT2D eigenvalue weighted by molar-refractivity contribution is 7.90. The van der Waals surface area contributed by atoms with Gasteiger partial charge in [-0.2, -0.15) is 13.4 Å². The minimum absolute atomic E-state index is 0.0717. The molecule has 184 valence electrons. The fourth-order valence-corrected chi connectivity index (χ4v) is 4.78. The van der Waals surface area contributed by atoms with E-state index < -0.39 is 33.5 Å². The molecule has 3 aromatic rings. The van der Waals surface area contributed by atoms with Gasteiger partial charge in [0.2, 0.25) is 0 Å². The number of fused-ring (bicyclic) bond motifs is 2. The molecule has 35 heavy (non-hydrogen) atoms. The molecular weight excluding hydrogens is 481 g/mol. The van der Waals surface area contributed by atoms with Crippen LogP contribution in [0.5, 0.6) is 17.6 Å². The standard InChI is InChI=1S/C22H22FN5O6S/c1-13-11-26-20(32-13)33-15-4-5-16-17(10-15)34-21(29)28(22(16)7-3-8-22)12-14-6-9-25-19(18(14)23)27-35(30,31)24-2/h4-6,9-11,24H,3,7-8,12H2,1-2H3,(H,25,27). The van der Waals surface area contributed by atoms with Gasteiger partial charge >= 0.3 is 12.2 Å². The van der Waals surface area contributed by atoms with Crippen LogP contribution in [0.1, 0.15) is 36.1 Å². The van der Waals surface area contributed by atoms with E-state index in [2.05, 4.69) is 9.97 Å². The molecule has 5 rings (SSSR count). The zero-order valence-corrected chi connectivity index (χ0v) is 19.7. The number of oxazole rings is 1. The second-order valence-electron chi connectivity index (χ2n) is 8.28. The van der Waals surface area contributed by atoms with Crippen molar-refractivity contribution in [3.8, 4) is 17.6 Å². The third kappa shape index (κ3) is 4.17. The largest absolute Gasteiger partial charge is 0.416 e. The first-order valence-corrected chi connectivity index (χ1v) is 12.3. The number of hydrogen-bond donors (Lipinski definition) is 2. The van der Waals surface area contributed by atoms with Crippen molar-refractivity contribution < 1.29 is 31.5 Å². The summed E-state index contributed by atoms with van der Waals surface area (Å²) < 4.78 is 59.3. The Balaban J connectivity index is 1.44. The van der Waals surface area contributed by atoms with Gasteiger partial charge in [-0.25, -0.2) is 18.9 Å². The number of benzene rings is 1. The number of aromatic nitrogens is 2. The predicted molar refractivity (Wildman–Crippen MR) is 121 cm³/mol. The van der Waals surface area contributed by atoms with Gasteiger partial charge in [0.05, 0.1) is 18.3 Å². The molecule has 1 aliphatic heterocycles. The molecule has 0 unspecified atom stereocenters. The molecule has 2 N–H and O–H groups in total. The summed E-state index contributed by atoms with van der Waals surface area (Å²) in [5.74, 6) is 0.00398. The molecule has 13 heteroatoms. The number of hydrogen-bond acceptors (Lipinski definition) is 8. The van der Waals surface area contributed by atoms with Gasteiger partial charge in [-0.3, -0.25) is 9.62 Å². The predicted octanol–water partition coefficient (Wildman–Crippen LogP) is 3.58. The first kappa shape index (κ1) is 23.1. The topological polar surface area (TPSA) is 136 Å². The average Bonchev–Trinajstić information content (AvgIpc) is 3.20. The van der Waals surface area contributed by atoms with E-state index in [1.807, 2.05) is 15.5 Å². The van der Waals surface area contributed by atoms with E-state index in [0.29, 0.717) is 30.1 Å². The van der Waals surface area contributed by atoms with Crippen LogP contribution in [0.3, 0.4) is 0 Å². The van der Waals surface area contributed by atoms with Crippen LogP contribution in [0.2, 0.25) is 0 Å². The van der Waals surface area contributed by atoms with Gasteiger partial charge < -0.3 is 13.9 Å². The summed E-state index contributed by atoms with van der Waals surface area (Å²) in [7, 11) is -2.78. The van der Waals surface area contributed by atoms with Gasteiger partial charge in [-0.05, 0) is 44.4 Å². The fourth-order valence-electron chi connectivity index (χ4n) is 4.28. The lowest BCUT2D eigenvalue weighted by atomic mass is 9.69. The fraction of sp³-hybridized carbons (Fsp3) is 0.318. The molecule has 1 spiro atoms. The quantitative estimate of drug-likeness (QED) is 0.499. The lowest BCUT2D eigenvalue weighted by Crippen LogP contribution is -2.57. The summed E-state index contributed by atoms with van der Waals surface area (Å²) in [5, 5.41) is 0. The van der Waals surface area contributed by atoms with Crippen LogP contribution in [0, 0.1) is 12.7 Å². The lowest BCUT2D eigenvalue weighted by Gasteiger charge is -2.52. The molecule has 0 bridgehead atoms. The summed E-state index contributed by atoms with van der Waals surface area (Å²) in [5.41, 5.74) is 0.202. The van der Waals surface area contributed by atoms with E-state index in [1.165, 1.54) is 30.4 Å². The summed E-state index contributed by atoms with van der Waals surface area (Å²) >= 11 is 0. The normalized spacial score (nSPS) is 16.4. The first-order chi connectivity index (χ1) is 16.7. The third-order valence-electron chi connectivity index (χ3n) is 6.17. The Morgan fingerprint density at radius 3 is 2.71 bits per heavy atom. The van der Waals surface area contributed by atoms with Gasteiger partial charge in [0.1, 0.15) is 17.3 Å². The molecular formula is C22H22FN5O6S. The Morgan fingerprint density at radius 2 is 2.06 bits per heavy atom. The molecule has 3 heterocycles. The second-order valence-corrected chi connectivity index (χ2v) is 9.90. The Hall–Kier alpha value is -3.71. The van der Waals surface area contributed by atoms with Crippen molar-refractivity contribution in [2.24, 2.45) is 0 Å². The Bertz CT molecular complexity index is 1410. The van der Waals surface area contributed by atoms with Crippen LogP contribution in [0.4, 0.5) is 15.0 Å². The van der Waals surface area contributed by atoms with Crippen molar-refractivity contribution >= 4 is 22.1 Å². The third-order valence-corrected chi connectivity index (χ3v) is 7.17. The zero-order valence-electron chi connectivity index (χ0n) is 18.9. The molecule has 1 fully saturated rings. The molecule has 1 aromatic carbocycles. The highest BCUT2D eigenvalue weighted by Gasteiger charge is 2.52. The van der Waals surface area contributed by atoms with E-state index in [-0.39, 0.29) is 18.2 Å². The molecule has 2 aromatic heterocycles. The van der Waals surface area contributed by atoms with E-state index in [9.17, 15) is 13.2 Å². The number of carbonyl (C=O) groups excluding carboxylic acids is 1. The first-order valence-electron chi connectivity index (χ1n) is 10.8. The van der Waals surface area contributed by atoms with Gasteiger partial charge in [0.25, 0.3) is 10.2 Å². The average molecular weight is 504 g/mol. The highest BCUT2D eigenvalue weighted by Crippen LogP contribution is 2.53. The van der Waals surface area contributed by atoms with E-state index >= 15 is 4.39 Å². The molecule has 0 radical (unpaired) electrons. The molecule has 2 aliphatic rings. The highest BCUT2D eigenvalue weighted by atomic mass is 32.2. The summed E-state index contributed by atoms with van der Waals surface area (Å²) in [4.78, 5) is 22.3. The van der Waals surface area contributed by atoms with Crippen molar-refractivity contribution in [2.75, 3.05) is 11.8 Å². The number of amides is 1. The Kier molecular flexibility index (Phi) is 5.60. The zero-order chi connectivity index (χ0) is 24.8. The lowest BCUT2D eigenvalue weighted by molar-refractivity contribution is 0.00111. The number of carbonyl (C=O) groups is 1. The molecule has 11 nitrogen and oxygen atoms in total. The smallest absolute Gasteiger partial charge is 0.414 e. The number of anilines is 1.